The first-order valence-electron chi connectivity index (χ1n) is 7.07. The third kappa shape index (κ3) is 3.82. The molecular weight excluding hydrogens is 358 g/mol. The van der Waals surface area contributed by atoms with Crippen LogP contribution in [0, 0.1) is 0 Å². The van der Waals surface area contributed by atoms with E-state index in [4.69, 9.17) is 4.74 Å². The van der Waals surface area contributed by atoms with Crippen LogP contribution in [0.25, 0.3) is 0 Å². The van der Waals surface area contributed by atoms with Gasteiger partial charge >= 0.3 is 18.4 Å². The van der Waals surface area contributed by atoms with E-state index in [1.54, 1.807) is 0 Å². The molecule has 5 nitrogen and oxygen atoms in total. The van der Waals surface area contributed by atoms with Gasteiger partial charge in [-0.25, -0.2) is 4.79 Å². The number of halogens is 6. The third-order valence-corrected chi connectivity index (χ3v) is 3.67. The summed E-state index contributed by atoms with van der Waals surface area (Å²) in [4.78, 5) is 13.3. The van der Waals surface area contributed by atoms with Crippen molar-refractivity contribution in [3.63, 3.8) is 0 Å². The van der Waals surface area contributed by atoms with E-state index in [1.807, 2.05) is 0 Å². The number of carbonyl (C=O) groups is 1. The molecule has 2 N–H and O–H groups in total. The highest BCUT2D eigenvalue weighted by atomic mass is 19.4. The maximum absolute atomic E-state index is 12.8. The molecule has 0 unspecified atom stereocenters. The van der Waals surface area contributed by atoms with E-state index < -0.39 is 29.5 Å². The van der Waals surface area contributed by atoms with E-state index in [9.17, 15) is 36.2 Å². The molecule has 2 amide bonds. The number of rotatable bonds is 2. The Labute approximate surface area is 138 Å². The summed E-state index contributed by atoms with van der Waals surface area (Å²) in [5.74, 6) is 0. The average molecular weight is 372 g/mol. The van der Waals surface area contributed by atoms with E-state index in [0.717, 1.165) is 12.1 Å². The van der Waals surface area contributed by atoms with Crippen LogP contribution in [0.2, 0.25) is 0 Å². The summed E-state index contributed by atoms with van der Waals surface area (Å²) in [6.07, 6.45) is -11.9. The molecule has 0 spiro atoms. The number of benzene rings is 1. The van der Waals surface area contributed by atoms with Crippen molar-refractivity contribution in [2.75, 3.05) is 31.6 Å². The zero-order chi connectivity index (χ0) is 18.9. The first kappa shape index (κ1) is 19.3. The molecule has 1 aromatic carbocycles. The van der Waals surface area contributed by atoms with Crippen LogP contribution in [0.3, 0.4) is 0 Å². The van der Waals surface area contributed by atoms with Crippen LogP contribution < -0.4 is 5.32 Å². The van der Waals surface area contributed by atoms with Crippen molar-refractivity contribution >= 4 is 11.7 Å². The van der Waals surface area contributed by atoms with Gasteiger partial charge in [0.15, 0.2) is 0 Å². The second-order valence-electron chi connectivity index (χ2n) is 5.31. The molecule has 1 aliphatic rings. The molecular formula is C14H14F6N2O3. The van der Waals surface area contributed by atoms with Crippen LogP contribution in [0.4, 0.5) is 36.8 Å². The van der Waals surface area contributed by atoms with Gasteiger partial charge in [-0.15, -0.1) is 0 Å². The summed E-state index contributed by atoms with van der Waals surface area (Å²) in [6.45, 7) is 1.28. The van der Waals surface area contributed by atoms with Gasteiger partial charge in [0.25, 0.3) is 5.60 Å². The molecule has 140 valence electrons. The SMILES string of the molecule is O=C(Nc1ccc(C(O)(C(F)(F)F)C(F)(F)F)cc1)N1CCOCC1. The summed E-state index contributed by atoms with van der Waals surface area (Å²) in [5.41, 5.74) is -6.39. The number of amides is 2. The van der Waals surface area contributed by atoms with E-state index in [1.165, 1.54) is 4.90 Å². The minimum absolute atomic E-state index is 0.00746. The number of hydrogen-bond acceptors (Lipinski definition) is 3. The van der Waals surface area contributed by atoms with Crippen molar-refractivity contribution in [1.82, 2.24) is 4.90 Å². The summed E-state index contributed by atoms with van der Waals surface area (Å²) in [7, 11) is 0. The number of hydrogen-bond donors (Lipinski definition) is 2. The molecule has 0 bridgehead atoms. The van der Waals surface area contributed by atoms with Gasteiger partial charge in [0, 0.05) is 24.3 Å². The van der Waals surface area contributed by atoms with Gasteiger partial charge in [-0.2, -0.15) is 26.3 Å². The number of morpholine rings is 1. The number of alkyl halides is 6. The largest absolute Gasteiger partial charge is 0.430 e. The number of anilines is 1. The zero-order valence-electron chi connectivity index (χ0n) is 12.6. The predicted octanol–water partition coefficient (Wildman–Crippen LogP) is 2.86. The normalized spacial score (nSPS) is 16.7. The van der Waals surface area contributed by atoms with E-state index in [0.29, 0.717) is 38.4 Å². The molecule has 0 aromatic heterocycles. The number of aliphatic hydroxyl groups is 1. The average Bonchev–Trinajstić information content (AvgIpc) is 2.53. The Morgan fingerprint density at radius 1 is 1.00 bits per heavy atom. The summed E-state index contributed by atoms with van der Waals surface area (Å²) < 4.78 is 81.7. The molecule has 1 aliphatic heterocycles. The monoisotopic (exact) mass is 372 g/mol. The highest BCUT2D eigenvalue weighted by molar-refractivity contribution is 5.89. The Kier molecular flexibility index (Phi) is 5.19. The fraction of sp³-hybridized carbons (Fsp3) is 0.500. The van der Waals surface area contributed by atoms with Crippen LogP contribution in [-0.4, -0.2) is 54.7 Å². The molecule has 0 atom stereocenters. The Morgan fingerprint density at radius 2 is 1.48 bits per heavy atom. The molecule has 0 saturated carbocycles. The van der Waals surface area contributed by atoms with Crippen LogP contribution >= 0.6 is 0 Å². The number of carbonyl (C=O) groups excluding carboxylic acids is 1. The fourth-order valence-electron chi connectivity index (χ4n) is 2.25. The number of ether oxygens (including phenoxy) is 1. The van der Waals surface area contributed by atoms with E-state index in [2.05, 4.69) is 5.32 Å². The third-order valence-electron chi connectivity index (χ3n) is 3.67. The maximum Gasteiger partial charge on any atom is 0.430 e. The van der Waals surface area contributed by atoms with Gasteiger partial charge in [0.05, 0.1) is 13.2 Å². The highest BCUT2D eigenvalue weighted by Gasteiger charge is 2.71. The molecule has 11 heteroatoms. The maximum atomic E-state index is 12.8. The molecule has 25 heavy (non-hydrogen) atoms. The van der Waals surface area contributed by atoms with Crippen molar-refractivity contribution in [1.29, 1.82) is 0 Å². The first-order valence-corrected chi connectivity index (χ1v) is 7.07. The van der Waals surface area contributed by atoms with Gasteiger partial charge in [-0.1, -0.05) is 12.1 Å². The second-order valence-corrected chi connectivity index (χ2v) is 5.31. The molecule has 0 aliphatic carbocycles. The molecule has 1 heterocycles. The molecule has 1 fully saturated rings. The Balaban J connectivity index is 2.19. The Morgan fingerprint density at radius 3 is 1.92 bits per heavy atom. The number of nitrogens with one attached hydrogen (secondary N) is 1. The van der Waals surface area contributed by atoms with Crippen LogP contribution in [0.1, 0.15) is 5.56 Å². The van der Waals surface area contributed by atoms with Gasteiger partial charge < -0.3 is 20.1 Å². The van der Waals surface area contributed by atoms with Crippen LogP contribution in [-0.2, 0) is 10.3 Å². The van der Waals surface area contributed by atoms with Crippen LogP contribution in [0.15, 0.2) is 24.3 Å². The molecule has 0 radical (unpaired) electrons. The minimum Gasteiger partial charge on any atom is -0.378 e. The zero-order valence-corrected chi connectivity index (χ0v) is 12.6. The standard InChI is InChI=1S/C14H14F6N2O3/c15-13(16,17)12(24,14(18,19)20)9-1-3-10(4-2-9)21-11(23)22-5-7-25-8-6-22/h1-4,24H,5-8H2,(H,21,23). The lowest BCUT2D eigenvalue weighted by atomic mass is 9.92. The van der Waals surface area contributed by atoms with Gasteiger partial charge in [0.1, 0.15) is 0 Å². The topological polar surface area (TPSA) is 61.8 Å². The van der Waals surface area contributed by atoms with Crippen molar-refractivity contribution in [3.8, 4) is 0 Å². The molecule has 1 aromatic rings. The molecule has 1 saturated heterocycles. The second kappa shape index (κ2) is 6.71. The lowest BCUT2D eigenvalue weighted by Gasteiger charge is -2.32. The van der Waals surface area contributed by atoms with Crippen molar-refractivity contribution in [2.45, 2.75) is 18.0 Å². The lowest BCUT2D eigenvalue weighted by molar-refractivity contribution is -0.376. The minimum atomic E-state index is -5.95. The summed E-state index contributed by atoms with van der Waals surface area (Å²) in [6, 6.07) is 2.09. The quantitative estimate of drug-likeness (QED) is 0.785. The van der Waals surface area contributed by atoms with E-state index >= 15 is 0 Å². The summed E-state index contributed by atoms with van der Waals surface area (Å²) in [5, 5.41) is 11.6. The van der Waals surface area contributed by atoms with Gasteiger partial charge in [0.2, 0.25) is 0 Å². The Hall–Kier alpha value is -2.01. The van der Waals surface area contributed by atoms with E-state index in [-0.39, 0.29) is 5.69 Å². The molecule has 2 rings (SSSR count). The fourth-order valence-corrected chi connectivity index (χ4v) is 2.25. The van der Waals surface area contributed by atoms with Crippen molar-refractivity contribution < 1.29 is 41.0 Å². The lowest BCUT2D eigenvalue weighted by Crippen LogP contribution is -2.53. The highest BCUT2D eigenvalue weighted by Crippen LogP contribution is 2.50. The van der Waals surface area contributed by atoms with Crippen LogP contribution in [0.5, 0.6) is 0 Å². The Bertz CT molecular complexity index is 594. The van der Waals surface area contributed by atoms with Gasteiger partial charge in [-0.05, 0) is 12.1 Å². The number of urea groups is 1. The number of nitrogens with zero attached hydrogens (tertiary/aromatic N) is 1. The van der Waals surface area contributed by atoms with Gasteiger partial charge in [-0.3, -0.25) is 0 Å². The van der Waals surface area contributed by atoms with Crippen molar-refractivity contribution in [2.24, 2.45) is 0 Å². The first-order chi connectivity index (χ1) is 11.5. The summed E-state index contributed by atoms with van der Waals surface area (Å²) >= 11 is 0. The smallest absolute Gasteiger partial charge is 0.378 e. The predicted molar refractivity (Wildman–Crippen MR) is 73.9 cm³/mol. The van der Waals surface area contributed by atoms with Crippen molar-refractivity contribution in [3.05, 3.63) is 29.8 Å².